The van der Waals surface area contributed by atoms with Crippen LogP contribution in [0.2, 0.25) is 0 Å². The van der Waals surface area contributed by atoms with Crippen molar-refractivity contribution in [2.75, 3.05) is 12.4 Å². The predicted octanol–water partition coefficient (Wildman–Crippen LogP) is 5.98. The van der Waals surface area contributed by atoms with Crippen LogP contribution in [0, 0.1) is 12.7 Å². The highest BCUT2D eigenvalue weighted by Crippen LogP contribution is 2.36. The summed E-state index contributed by atoms with van der Waals surface area (Å²) in [6, 6.07) is 16.6. The highest BCUT2D eigenvalue weighted by atomic mass is 32.2. The van der Waals surface area contributed by atoms with E-state index in [9.17, 15) is 4.39 Å². The van der Waals surface area contributed by atoms with Gasteiger partial charge in [0, 0.05) is 10.6 Å². The second kappa shape index (κ2) is 8.06. The van der Waals surface area contributed by atoms with Gasteiger partial charge in [-0.3, -0.25) is 0 Å². The Hall–Kier alpha value is -2.44. The van der Waals surface area contributed by atoms with Crippen LogP contribution in [-0.4, -0.2) is 22.3 Å². The number of hydrogen-bond acceptors (Lipinski definition) is 5. The summed E-state index contributed by atoms with van der Waals surface area (Å²) < 4.78 is 20.0. The van der Waals surface area contributed by atoms with Crippen molar-refractivity contribution in [1.29, 1.82) is 0 Å². The normalized spacial score (nSPS) is 11.0. The van der Waals surface area contributed by atoms with Crippen molar-refractivity contribution >= 4 is 33.3 Å². The number of aryl methyl sites for hydroxylation is 1. The molecule has 0 unspecified atom stereocenters. The maximum atomic E-state index is 13.2. The largest absolute Gasteiger partial charge is 0.493 e. The van der Waals surface area contributed by atoms with E-state index in [1.165, 1.54) is 17.7 Å². The molecule has 3 nitrogen and oxygen atoms in total. The molecule has 2 aromatic heterocycles. The molecule has 0 atom stereocenters. The van der Waals surface area contributed by atoms with E-state index in [1.807, 2.05) is 30.3 Å². The average Bonchev–Trinajstić information content (AvgIpc) is 3.12. The van der Waals surface area contributed by atoms with Crippen molar-refractivity contribution in [1.82, 2.24) is 9.97 Å². The summed E-state index contributed by atoms with van der Waals surface area (Å²) in [5.41, 5.74) is 3.11. The zero-order valence-corrected chi connectivity index (χ0v) is 16.3. The third-order valence-electron chi connectivity index (χ3n) is 4.02. The van der Waals surface area contributed by atoms with Crippen molar-refractivity contribution in [3.05, 3.63) is 72.3 Å². The molecule has 0 amide bonds. The first kappa shape index (κ1) is 17.9. The summed E-state index contributed by atoms with van der Waals surface area (Å²) in [7, 11) is 0. The lowest BCUT2D eigenvalue weighted by Crippen LogP contribution is -2.00. The lowest BCUT2D eigenvalue weighted by Gasteiger charge is -2.06. The highest BCUT2D eigenvalue weighted by molar-refractivity contribution is 7.99. The molecule has 0 spiro atoms. The van der Waals surface area contributed by atoms with Crippen LogP contribution >= 0.6 is 23.1 Å². The van der Waals surface area contributed by atoms with Gasteiger partial charge in [-0.2, -0.15) is 0 Å². The molecule has 2 heterocycles. The maximum Gasteiger partial charge on any atom is 0.123 e. The molecule has 0 saturated carbocycles. The van der Waals surface area contributed by atoms with Crippen LogP contribution in [-0.2, 0) is 0 Å². The Morgan fingerprint density at radius 2 is 1.81 bits per heavy atom. The molecule has 0 bridgehead atoms. The van der Waals surface area contributed by atoms with E-state index in [-0.39, 0.29) is 5.82 Å². The number of nitrogens with zero attached hydrogens (tertiary/aromatic N) is 2. The van der Waals surface area contributed by atoms with Crippen LogP contribution in [0.25, 0.3) is 20.7 Å². The minimum Gasteiger partial charge on any atom is -0.493 e. The number of ether oxygens (including phenoxy) is 1. The SMILES string of the molecule is Cc1ccc(OCCSc2ncnc3cc(-c4ccc(F)cc4)sc23)cc1. The summed E-state index contributed by atoms with van der Waals surface area (Å²) in [6.45, 7) is 2.66. The van der Waals surface area contributed by atoms with Crippen molar-refractivity contribution < 1.29 is 9.13 Å². The Balaban J connectivity index is 1.45. The fraction of sp³-hybridized carbons (Fsp3) is 0.143. The van der Waals surface area contributed by atoms with E-state index in [4.69, 9.17) is 4.74 Å². The molecular formula is C21H17FN2OS2. The molecule has 27 heavy (non-hydrogen) atoms. The maximum absolute atomic E-state index is 13.2. The Labute approximate surface area is 165 Å². The number of thioether (sulfide) groups is 1. The standard InChI is InChI=1S/C21H17FN2OS2/c1-14-2-8-17(9-3-14)25-10-11-26-21-20-18(23-13-24-21)12-19(27-20)15-4-6-16(22)7-5-15/h2-9,12-13H,10-11H2,1H3. The first-order valence-corrected chi connectivity index (χ1v) is 10.3. The minimum atomic E-state index is -0.232. The monoisotopic (exact) mass is 396 g/mol. The number of thiophene rings is 1. The van der Waals surface area contributed by atoms with Gasteiger partial charge in [0.15, 0.2) is 0 Å². The third kappa shape index (κ3) is 4.28. The van der Waals surface area contributed by atoms with Gasteiger partial charge in [-0.25, -0.2) is 14.4 Å². The van der Waals surface area contributed by atoms with Gasteiger partial charge >= 0.3 is 0 Å². The Bertz CT molecular complexity index is 1050. The van der Waals surface area contributed by atoms with Crippen molar-refractivity contribution in [3.63, 3.8) is 0 Å². The molecule has 0 aliphatic heterocycles. The predicted molar refractivity (Wildman–Crippen MR) is 110 cm³/mol. The second-order valence-corrected chi connectivity index (χ2v) is 8.16. The average molecular weight is 397 g/mol. The van der Waals surface area contributed by atoms with Crippen LogP contribution in [0.15, 0.2) is 66.0 Å². The lowest BCUT2D eigenvalue weighted by atomic mass is 10.2. The lowest BCUT2D eigenvalue weighted by molar-refractivity contribution is 0.344. The molecule has 4 rings (SSSR count). The topological polar surface area (TPSA) is 35.0 Å². The Morgan fingerprint density at radius 3 is 2.59 bits per heavy atom. The van der Waals surface area contributed by atoms with Gasteiger partial charge in [-0.15, -0.1) is 23.1 Å². The minimum absolute atomic E-state index is 0.232. The number of halogens is 1. The molecule has 0 N–H and O–H groups in total. The number of aromatic nitrogens is 2. The Morgan fingerprint density at radius 1 is 1.04 bits per heavy atom. The molecular weight excluding hydrogens is 379 g/mol. The van der Waals surface area contributed by atoms with Gasteiger partial charge in [-0.1, -0.05) is 29.8 Å². The molecule has 6 heteroatoms. The van der Waals surface area contributed by atoms with Gasteiger partial charge in [0.25, 0.3) is 0 Å². The van der Waals surface area contributed by atoms with E-state index in [0.717, 1.165) is 37.2 Å². The van der Waals surface area contributed by atoms with Crippen molar-refractivity contribution in [3.8, 4) is 16.2 Å². The van der Waals surface area contributed by atoms with E-state index in [1.54, 1.807) is 41.6 Å². The van der Waals surface area contributed by atoms with Crippen LogP contribution in [0.4, 0.5) is 4.39 Å². The second-order valence-electron chi connectivity index (χ2n) is 6.02. The zero-order valence-electron chi connectivity index (χ0n) is 14.7. The molecule has 0 aliphatic rings. The number of rotatable bonds is 6. The number of benzene rings is 2. The summed E-state index contributed by atoms with van der Waals surface area (Å²) in [5.74, 6) is 1.44. The molecule has 2 aromatic carbocycles. The molecule has 0 radical (unpaired) electrons. The summed E-state index contributed by atoms with van der Waals surface area (Å²) >= 11 is 3.29. The number of fused-ring (bicyclic) bond motifs is 1. The molecule has 0 fully saturated rings. The molecule has 4 aromatic rings. The molecule has 0 saturated heterocycles. The van der Waals surface area contributed by atoms with Gasteiger partial charge in [0.2, 0.25) is 0 Å². The summed E-state index contributed by atoms with van der Waals surface area (Å²) in [6.07, 6.45) is 1.59. The van der Waals surface area contributed by atoms with E-state index in [0.29, 0.717) is 6.61 Å². The van der Waals surface area contributed by atoms with Gasteiger partial charge in [-0.05, 0) is 42.8 Å². The van der Waals surface area contributed by atoms with E-state index < -0.39 is 0 Å². The van der Waals surface area contributed by atoms with Crippen LogP contribution in [0.5, 0.6) is 5.75 Å². The smallest absolute Gasteiger partial charge is 0.123 e. The summed E-state index contributed by atoms with van der Waals surface area (Å²) in [5, 5.41) is 0.950. The first-order valence-electron chi connectivity index (χ1n) is 8.52. The van der Waals surface area contributed by atoms with Gasteiger partial charge in [0.1, 0.15) is 22.9 Å². The Kier molecular flexibility index (Phi) is 5.36. The van der Waals surface area contributed by atoms with Crippen molar-refractivity contribution in [2.24, 2.45) is 0 Å². The van der Waals surface area contributed by atoms with Gasteiger partial charge < -0.3 is 4.74 Å². The first-order chi connectivity index (χ1) is 13.2. The van der Waals surface area contributed by atoms with E-state index >= 15 is 0 Å². The van der Waals surface area contributed by atoms with Gasteiger partial charge in [0.05, 0.1) is 16.8 Å². The quantitative estimate of drug-likeness (QED) is 0.228. The molecule has 136 valence electrons. The van der Waals surface area contributed by atoms with Crippen molar-refractivity contribution in [2.45, 2.75) is 11.9 Å². The van der Waals surface area contributed by atoms with Crippen LogP contribution < -0.4 is 4.74 Å². The fourth-order valence-electron chi connectivity index (χ4n) is 2.62. The number of hydrogen-bond donors (Lipinski definition) is 0. The van der Waals surface area contributed by atoms with Crippen LogP contribution in [0.3, 0.4) is 0 Å². The zero-order chi connectivity index (χ0) is 18.6. The highest BCUT2D eigenvalue weighted by Gasteiger charge is 2.11. The molecule has 0 aliphatic carbocycles. The van der Waals surface area contributed by atoms with Crippen LogP contribution in [0.1, 0.15) is 5.56 Å². The third-order valence-corrected chi connectivity index (χ3v) is 6.28. The summed E-state index contributed by atoms with van der Waals surface area (Å²) in [4.78, 5) is 9.86. The fourth-order valence-corrected chi connectivity index (χ4v) is 4.64. The van der Waals surface area contributed by atoms with E-state index in [2.05, 4.69) is 16.9 Å².